The molecule has 0 bridgehead atoms. The molecule has 32 heavy (non-hydrogen) atoms. The highest BCUT2D eigenvalue weighted by Gasteiger charge is 2.44. The van der Waals surface area contributed by atoms with Crippen molar-refractivity contribution in [2.45, 2.75) is 19.5 Å². The summed E-state index contributed by atoms with van der Waals surface area (Å²) >= 11 is 5.89. The lowest BCUT2D eigenvalue weighted by molar-refractivity contribution is -0.131. The summed E-state index contributed by atoms with van der Waals surface area (Å²) in [6, 6.07) is 14.5. The second kappa shape index (κ2) is 8.84. The Kier molecular flexibility index (Phi) is 5.96. The van der Waals surface area contributed by atoms with Crippen LogP contribution in [0, 0.1) is 5.82 Å². The van der Waals surface area contributed by atoms with Crippen molar-refractivity contribution in [2.75, 3.05) is 11.4 Å². The molecule has 0 spiro atoms. The third-order valence-electron chi connectivity index (χ3n) is 5.10. The fourth-order valence-electron chi connectivity index (χ4n) is 3.43. The maximum atomic E-state index is 13.2. The third-order valence-corrected chi connectivity index (χ3v) is 5.36. The summed E-state index contributed by atoms with van der Waals surface area (Å²) in [4.78, 5) is 39.8. The van der Waals surface area contributed by atoms with E-state index in [2.05, 4.69) is 5.32 Å². The number of nitrogens with one attached hydrogen (secondary N) is 1. The van der Waals surface area contributed by atoms with Gasteiger partial charge < -0.3 is 9.73 Å². The highest BCUT2D eigenvalue weighted by atomic mass is 35.5. The zero-order chi connectivity index (χ0) is 22.8. The number of benzene rings is 2. The Morgan fingerprint density at radius 3 is 2.44 bits per heavy atom. The van der Waals surface area contributed by atoms with Crippen molar-refractivity contribution in [3.8, 4) is 11.3 Å². The molecule has 4 rings (SSSR count). The van der Waals surface area contributed by atoms with Crippen molar-refractivity contribution in [3.05, 3.63) is 77.3 Å². The van der Waals surface area contributed by atoms with Crippen LogP contribution in [0.2, 0.25) is 5.02 Å². The quantitative estimate of drug-likeness (QED) is 0.564. The number of amides is 4. The largest absolute Gasteiger partial charge is 0.459 e. The maximum absolute atomic E-state index is 13.2. The van der Waals surface area contributed by atoms with Gasteiger partial charge in [0.05, 0.1) is 6.54 Å². The predicted molar refractivity (Wildman–Crippen MR) is 116 cm³/mol. The summed E-state index contributed by atoms with van der Waals surface area (Å²) in [5.74, 6) is -0.321. The normalized spacial score (nSPS) is 16.0. The van der Waals surface area contributed by atoms with E-state index < -0.39 is 36.2 Å². The number of anilines is 1. The number of carbonyl (C=O) groups excluding carboxylic acids is 3. The Balaban J connectivity index is 1.37. The minimum atomic E-state index is -0.798. The summed E-state index contributed by atoms with van der Waals surface area (Å²) in [7, 11) is 0. The van der Waals surface area contributed by atoms with Gasteiger partial charge in [-0.25, -0.2) is 9.18 Å². The van der Waals surface area contributed by atoms with E-state index in [-0.39, 0.29) is 6.54 Å². The van der Waals surface area contributed by atoms with Gasteiger partial charge in [-0.3, -0.25) is 19.4 Å². The van der Waals surface area contributed by atoms with Gasteiger partial charge in [0.15, 0.2) is 0 Å². The lowest BCUT2D eigenvalue weighted by atomic mass is 10.2. The number of halogens is 2. The summed E-state index contributed by atoms with van der Waals surface area (Å²) in [5.41, 5.74) is 1.22. The first-order valence-corrected chi connectivity index (χ1v) is 10.2. The molecule has 1 unspecified atom stereocenters. The van der Waals surface area contributed by atoms with Crippen molar-refractivity contribution in [1.29, 1.82) is 0 Å². The summed E-state index contributed by atoms with van der Waals surface area (Å²) in [5, 5.41) is 3.27. The van der Waals surface area contributed by atoms with Crippen LogP contribution in [0.1, 0.15) is 12.7 Å². The van der Waals surface area contributed by atoms with Gasteiger partial charge >= 0.3 is 6.03 Å². The molecule has 164 valence electrons. The topological polar surface area (TPSA) is 82.9 Å². The molecule has 1 atom stereocenters. The van der Waals surface area contributed by atoms with Gasteiger partial charge in [0.1, 0.15) is 29.9 Å². The Morgan fingerprint density at radius 1 is 1.06 bits per heavy atom. The standard InChI is InChI=1S/C23H19ClFN3O4/c1-14-22(30)27(23(31)28(14)18-8-6-17(25)7-9-18)13-21(29)26-12-19-10-11-20(32-19)15-2-4-16(24)5-3-15/h2-11,14H,12-13H2,1H3,(H,26,29). The molecule has 2 aromatic carbocycles. The van der Waals surface area contributed by atoms with Crippen LogP contribution in [0.5, 0.6) is 0 Å². The van der Waals surface area contributed by atoms with Gasteiger partial charge in [0.25, 0.3) is 5.91 Å². The number of hydrogen-bond acceptors (Lipinski definition) is 4. The molecule has 1 aliphatic rings. The molecule has 1 aliphatic heterocycles. The predicted octanol–water partition coefficient (Wildman–Crippen LogP) is 4.21. The highest BCUT2D eigenvalue weighted by molar-refractivity contribution is 6.30. The number of rotatable bonds is 6. The van der Waals surface area contributed by atoms with E-state index >= 15 is 0 Å². The smallest absolute Gasteiger partial charge is 0.332 e. The molecule has 4 amide bonds. The van der Waals surface area contributed by atoms with Crippen LogP contribution in [-0.2, 0) is 16.1 Å². The molecule has 1 fully saturated rings. The Bertz CT molecular complexity index is 1160. The van der Waals surface area contributed by atoms with Gasteiger partial charge in [0.2, 0.25) is 5.91 Å². The van der Waals surface area contributed by atoms with E-state index in [1.54, 1.807) is 31.2 Å². The van der Waals surface area contributed by atoms with Crippen LogP contribution in [0.15, 0.2) is 65.1 Å². The van der Waals surface area contributed by atoms with E-state index in [4.69, 9.17) is 16.0 Å². The summed E-state index contributed by atoms with van der Waals surface area (Å²) < 4.78 is 18.9. The van der Waals surface area contributed by atoms with Crippen molar-refractivity contribution in [3.63, 3.8) is 0 Å². The fourth-order valence-corrected chi connectivity index (χ4v) is 3.56. The van der Waals surface area contributed by atoms with Gasteiger partial charge in [-0.2, -0.15) is 0 Å². The zero-order valence-electron chi connectivity index (χ0n) is 17.0. The molecule has 1 N–H and O–H groups in total. The molecule has 9 heteroatoms. The number of hydrogen-bond donors (Lipinski definition) is 1. The van der Waals surface area contributed by atoms with Crippen molar-refractivity contribution in [2.24, 2.45) is 0 Å². The van der Waals surface area contributed by atoms with E-state index in [0.29, 0.717) is 22.2 Å². The fraction of sp³-hybridized carbons (Fsp3) is 0.174. The lowest BCUT2D eigenvalue weighted by Crippen LogP contribution is -2.41. The summed E-state index contributed by atoms with van der Waals surface area (Å²) in [6.07, 6.45) is 0. The second-order valence-corrected chi connectivity index (χ2v) is 7.72. The highest BCUT2D eigenvalue weighted by Crippen LogP contribution is 2.26. The zero-order valence-corrected chi connectivity index (χ0v) is 17.8. The monoisotopic (exact) mass is 455 g/mol. The number of nitrogens with zero attached hydrogens (tertiary/aromatic N) is 2. The van der Waals surface area contributed by atoms with Crippen molar-refractivity contribution in [1.82, 2.24) is 10.2 Å². The minimum Gasteiger partial charge on any atom is -0.459 e. The minimum absolute atomic E-state index is 0.0971. The molecule has 1 aromatic heterocycles. The van der Waals surface area contributed by atoms with Crippen LogP contribution in [-0.4, -0.2) is 35.3 Å². The van der Waals surface area contributed by atoms with E-state index in [9.17, 15) is 18.8 Å². The molecule has 0 aliphatic carbocycles. The average molecular weight is 456 g/mol. The molecule has 3 aromatic rings. The number of imide groups is 1. The molecular weight excluding hydrogens is 437 g/mol. The molecule has 1 saturated heterocycles. The van der Waals surface area contributed by atoms with Crippen LogP contribution < -0.4 is 10.2 Å². The Morgan fingerprint density at radius 2 is 1.75 bits per heavy atom. The van der Waals surface area contributed by atoms with Gasteiger partial charge in [0, 0.05) is 16.3 Å². The van der Waals surface area contributed by atoms with Crippen LogP contribution in [0.25, 0.3) is 11.3 Å². The van der Waals surface area contributed by atoms with Crippen LogP contribution in [0.4, 0.5) is 14.9 Å². The van der Waals surface area contributed by atoms with Gasteiger partial charge in [-0.15, -0.1) is 0 Å². The molecular formula is C23H19ClFN3O4. The van der Waals surface area contributed by atoms with Gasteiger partial charge in [-0.1, -0.05) is 11.6 Å². The number of carbonyl (C=O) groups is 3. The van der Waals surface area contributed by atoms with Crippen molar-refractivity contribution >= 4 is 35.1 Å². The number of urea groups is 1. The molecule has 0 radical (unpaired) electrons. The van der Waals surface area contributed by atoms with E-state index in [0.717, 1.165) is 10.5 Å². The Hall–Kier alpha value is -3.65. The van der Waals surface area contributed by atoms with Gasteiger partial charge in [-0.05, 0) is 67.6 Å². The second-order valence-electron chi connectivity index (χ2n) is 7.28. The maximum Gasteiger partial charge on any atom is 0.332 e. The third kappa shape index (κ3) is 4.36. The molecule has 7 nitrogen and oxygen atoms in total. The number of furan rings is 1. The first-order valence-electron chi connectivity index (χ1n) is 9.85. The first-order chi connectivity index (χ1) is 15.3. The Labute approximate surface area is 188 Å². The SMILES string of the molecule is CC1C(=O)N(CC(=O)NCc2ccc(-c3ccc(Cl)cc3)o2)C(=O)N1c1ccc(F)cc1. The lowest BCUT2D eigenvalue weighted by Gasteiger charge is -2.19. The first kappa shape index (κ1) is 21.6. The summed E-state index contributed by atoms with van der Waals surface area (Å²) in [6.45, 7) is 1.23. The van der Waals surface area contributed by atoms with Crippen LogP contribution in [0.3, 0.4) is 0 Å². The van der Waals surface area contributed by atoms with E-state index in [1.165, 1.54) is 29.2 Å². The van der Waals surface area contributed by atoms with Crippen molar-refractivity contribution < 1.29 is 23.2 Å². The van der Waals surface area contributed by atoms with E-state index in [1.807, 2.05) is 12.1 Å². The molecule has 2 heterocycles. The average Bonchev–Trinajstić information content (AvgIpc) is 3.33. The van der Waals surface area contributed by atoms with Crippen LogP contribution >= 0.6 is 11.6 Å². The molecule has 0 saturated carbocycles.